The summed E-state index contributed by atoms with van der Waals surface area (Å²) in [4.78, 5) is 2.50. The fourth-order valence-corrected chi connectivity index (χ4v) is 3.75. The minimum absolute atomic E-state index is 0.0890. The Morgan fingerprint density at radius 3 is 2.95 bits per heavy atom. The minimum atomic E-state index is -0.0890. The average molecular weight is 274 g/mol. The van der Waals surface area contributed by atoms with Gasteiger partial charge in [-0.05, 0) is 45.3 Å². The molecule has 0 bridgehead atoms. The average Bonchev–Trinajstić information content (AvgIpc) is 2.72. The highest BCUT2D eigenvalue weighted by atomic mass is 16.5. The standard InChI is InChI=1S/C17H26N2O/c1-4-19-10-6-9-14(18)15(19)13-8-5-7-12-11-17(2,3)20-16(12)13/h5,7-8,14-15H,4,6,9-11,18H2,1-3H3. The molecule has 0 aliphatic carbocycles. The van der Waals surface area contributed by atoms with Crippen LogP contribution in [0.5, 0.6) is 5.75 Å². The number of hydrogen-bond acceptors (Lipinski definition) is 3. The van der Waals surface area contributed by atoms with E-state index in [1.165, 1.54) is 17.5 Å². The predicted octanol–water partition coefficient (Wildman–Crippen LogP) is 2.88. The molecule has 3 nitrogen and oxygen atoms in total. The zero-order chi connectivity index (χ0) is 14.3. The zero-order valence-corrected chi connectivity index (χ0v) is 12.9. The second kappa shape index (κ2) is 5.05. The number of benzene rings is 1. The molecule has 0 spiro atoms. The Morgan fingerprint density at radius 1 is 1.40 bits per heavy atom. The summed E-state index contributed by atoms with van der Waals surface area (Å²) < 4.78 is 6.24. The van der Waals surface area contributed by atoms with Crippen molar-refractivity contribution in [2.24, 2.45) is 5.73 Å². The van der Waals surface area contributed by atoms with Gasteiger partial charge in [-0.3, -0.25) is 4.90 Å². The first-order valence-electron chi connectivity index (χ1n) is 7.82. The molecule has 2 atom stereocenters. The molecule has 1 fully saturated rings. The molecule has 3 rings (SSSR count). The molecular weight excluding hydrogens is 248 g/mol. The number of fused-ring (bicyclic) bond motifs is 1. The van der Waals surface area contributed by atoms with Crippen molar-refractivity contribution in [2.75, 3.05) is 13.1 Å². The van der Waals surface area contributed by atoms with Crippen molar-refractivity contribution >= 4 is 0 Å². The van der Waals surface area contributed by atoms with Gasteiger partial charge in [-0.1, -0.05) is 25.1 Å². The van der Waals surface area contributed by atoms with E-state index in [1.807, 2.05) is 0 Å². The fourth-order valence-electron chi connectivity index (χ4n) is 3.75. The first-order chi connectivity index (χ1) is 9.52. The molecule has 2 heterocycles. The number of likely N-dealkylation sites (tertiary alicyclic amines) is 1. The highest BCUT2D eigenvalue weighted by molar-refractivity contribution is 5.48. The van der Waals surface area contributed by atoms with E-state index in [9.17, 15) is 0 Å². The number of rotatable bonds is 2. The quantitative estimate of drug-likeness (QED) is 0.901. The highest BCUT2D eigenvalue weighted by Gasteiger charge is 2.37. The van der Waals surface area contributed by atoms with E-state index in [-0.39, 0.29) is 11.6 Å². The number of hydrogen-bond donors (Lipinski definition) is 1. The molecule has 0 aromatic heterocycles. The van der Waals surface area contributed by atoms with E-state index in [0.717, 1.165) is 31.7 Å². The monoisotopic (exact) mass is 274 g/mol. The zero-order valence-electron chi connectivity index (χ0n) is 12.9. The smallest absolute Gasteiger partial charge is 0.128 e. The molecule has 20 heavy (non-hydrogen) atoms. The summed E-state index contributed by atoms with van der Waals surface area (Å²) in [5.74, 6) is 1.10. The van der Waals surface area contributed by atoms with Crippen LogP contribution in [0.25, 0.3) is 0 Å². The number of nitrogens with two attached hydrogens (primary N) is 1. The SMILES string of the molecule is CCN1CCCC(N)C1c1cccc2c1OC(C)(C)C2. The highest BCUT2D eigenvalue weighted by Crippen LogP contribution is 2.43. The summed E-state index contributed by atoms with van der Waals surface area (Å²) in [5.41, 5.74) is 8.98. The Bertz CT molecular complexity index is 498. The number of likely N-dealkylation sites (N-methyl/N-ethyl adjacent to an activating group) is 1. The third-order valence-electron chi connectivity index (χ3n) is 4.63. The molecule has 2 aliphatic rings. The number of ether oxygens (including phenoxy) is 1. The van der Waals surface area contributed by atoms with E-state index in [1.54, 1.807) is 0 Å². The van der Waals surface area contributed by atoms with Crippen LogP contribution >= 0.6 is 0 Å². The van der Waals surface area contributed by atoms with E-state index >= 15 is 0 Å². The van der Waals surface area contributed by atoms with Crippen LogP contribution in [0.4, 0.5) is 0 Å². The van der Waals surface area contributed by atoms with Crippen molar-refractivity contribution in [2.45, 2.75) is 57.7 Å². The second-order valence-corrected chi connectivity index (χ2v) is 6.75. The van der Waals surface area contributed by atoms with Crippen molar-refractivity contribution in [3.63, 3.8) is 0 Å². The fraction of sp³-hybridized carbons (Fsp3) is 0.647. The summed E-state index contributed by atoms with van der Waals surface area (Å²) in [6, 6.07) is 7.07. The molecule has 3 heteroatoms. The third kappa shape index (κ3) is 2.33. The van der Waals surface area contributed by atoms with Gasteiger partial charge in [-0.15, -0.1) is 0 Å². The molecule has 1 aromatic rings. The van der Waals surface area contributed by atoms with Crippen LogP contribution in [0.15, 0.2) is 18.2 Å². The molecule has 0 radical (unpaired) electrons. The lowest BCUT2D eigenvalue weighted by atomic mass is 9.89. The van der Waals surface area contributed by atoms with Gasteiger partial charge >= 0.3 is 0 Å². The maximum absolute atomic E-state index is 6.44. The van der Waals surface area contributed by atoms with Gasteiger partial charge in [-0.25, -0.2) is 0 Å². The Hall–Kier alpha value is -1.06. The first kappa shape index (κ1) is 13.9. The van der Waals surface area contributed by atoms with Gasteiger partial charge in [0.05, 0.1) is 6.04 Å². The van der Waals surface area contributed by atoms with Crippen molar-refractivity contribution in [1.82, 2.24) is 4.90 Å². The summed E-state index contributed by atoms with van der Waals surface area (Å²) in [7, 11) is 0. The molecular formula is C17H26N2O. The van der Waals surface area contributed by atoms with E-state index < -0.39 is 0 Å². The Kier molecular flexibility index (Phi) is 3.51. The topological polar surface area (TPSA) is 38.5 Å². The lowest BCUT2D eigenvalue weighted by Gasteiger charge is -2.40. The van der Waals surface area contributed by atoms with Crippen LogP contribution in [0.3, 0.4) is 0 Å². The summed E-state index contributed by atoms with van der Waals surface area (Å²) in [6.07, 6.45) is 3.30. The number of nitrogens with zero attached hydrogens (tertiary/aromatic N) is 1. The maximum atomic E-state index is 6.44. The van der Waals surface area contributed by atoms with Crippen LogP contribution in [-0.4, -0.2) is 29.6 Å². The van der Waals surface area contributed by atoms with Crippen LogP contribution < -0.4 is 10.5 Å². The minimum Gasteiger partial charge on any atom is -0.487 e. The molecule has 1 saturated heterocycles. The Balaban J connectivity index is 2.00. The summed E-state index contributed by atoms with van der Waals surface area (Å²) in [6.45, 7) is 8.73. The van der Waals surface area contributed by atoms with Crippen LogP contribution in [0.2, 0.25) is 0 Å². The van der Waals surface area contributed by atoms with Crippen LogP contribution in [-0.2, 0) is 6.42 Å². The molecule has 1 aromatic carbocycles. The van der Waals surface area contributed by atoms with Crippen LogP contribution in [0, 0.1) is 0 Å². The van der Waals surface area contributed by atoms with Crippen molar-refractivity contribution in [3.8, 4) is 5.75 Å². The van der Waals surface area contributed by atoms with Gasteiger partial charge in [-0.2, -0.15) is 0 Å². The van der Waals surface area contributed by atoms with Gasteiger partial charge in [0.2, 0.25) is 0 Å². The summed E-state index contributed by atoms with van der Waals surface area (Å²) >= 11 is 0. The Labute approximate surface area is 122 Å². The molecule has 2 aliphatic heterocycles. The first-order valence-corrected chi connectivity index (χ1v) is 7.82. The lowest BCUT2D eigenvalue weighted by Crippen LogP contribution is -2.45. The number of piperidine rings is 1. The van der Waals surface area contributed by atoms with Crippen molar-refractivity contribution in [1.29, 1.82) is 0 Å². The molecule has 2 unspecified atom stereocenters. The van der Waals surface area contributed by atoms with E-state index in [2.05, 4.69) is 43.9 Å². The molecule has 0 amide bonds. The number of para-hydroxylation sites is 1. The van der Waals surface area contributed by atoms with Gasteiger partial charge in [0.1, 0.15) is 11.4 Å². The van der Waals surface area contributed by atoms with Gasteiger partial charge in [0.25, 0.3) is 0 Å². The maximum Gasteiger partial charge on any atom is 0.128 e. The predicted molar refractivity (Wildman–Crippen MR) is 82.1 cm³/mol. The van der Waals surface area contributed by atoms with Gasteiger partial charge < -0.3 is 10.5 Å². The normalized spacial score (nSPS) is 29.0. The molecule has 0 saturated carbocycles. The molecule has 2 N–H and O–H groups in total. The third-order valence-corrected chi connectivity index (χ3v) is 4.63. The van der Waals surface area contributed by atoms with Crippen molar-refractivity contribution < 1.29 is 4.74 Å². The van der Waals surface area contributed by atoms with Crippen LogP contribution in [0.1, 0.15) is 50.8 Å². The van der Waals surface area contributed by atoms with Gasteiger partial charge in [0, 0.05) is 18.0 Å². The van der Waals surface area contributed by atoms with Crippen molar-refractivity contribution in [3.05, 3.63) is 29.3 Å². The van der Waals surface area contributed by atoms with E-state index in [4.69, 9.17) is 10.5 Å². The molecule has 110 valence electrons. The lowest BCUT2D eigenvalue weighted by molar-refractivity contribution is 0.115. The van der Waals surface area contributed by atoms with E-state index in [0.29, 0.717) is 6.04 Å². The largest absolute Gasteiger partial charge is 0.487 e. The summed E-state index contributed by atoms with van der Waals surface area (Å²) in [5, 5.41) is 0. The Morgan fingerprint density at radius 2 is 2.20 bits per heavy atom. The van der Waals surface area contributed by atoms with Gasteiger partial charge in [0.15, 0.2) is 0 Å². The second-order valence-electron chi connectivity index (χ2n) is 6.75.